The van der Waals surface area contributed by atoms with Gasteiger partial charge in [0.1, 0.15) is 5.82 Å². The summed E-state index contributed by atoms with van der Waals surface area (Å²) in [6.45, 7) is 2.98. The summed E-state index contributed by atoms with van der Waals surface area (Å²) in [7, 11) is 1.71. The van der Waals surface area contributed by atoms with Crippen molar-refractivity contribution < 1.29 is 22.6 Å². The summed E-state index contributed by atoms with van der Waals surface area (Å²) in [5.41, 5.74) is 2.67. The first-order valence-corrected chi connectivity index (χ1v) is 13.4. The second kappa shape index (κ2) is 12.4. The molecule has 2 fully saturated rings. The van der Waals surface area contributed by atoms with Gasteiger partial charge in [-0.05, 0) is 117 Å². The van der Waals surface area contributed by atoms with Crippen molar-refractivity contribution in [2.24, 2.45) is 5.92 Å². The smallest absolute Gasteiger partial charge is 0.162 e. The van der Waals surface area contributed by atoms with Gasteiger partial charge in [0.05, 0.1) is 12.7 Å². The van der Waals surface area contributed by atoms with Crippen LogP contribution in [0.2, 0.25) is 0 Å². The average Bonchev–Trinajstić information content (AvgIpc) is 2.89. The van der Waals surface area contributed by atoms with E-state index in [1.165, 1.54) is 0 Å². The summed E-state index contributed by atoms with van der Waals surface area (Å²) in [6, 6.07) is 9.07. The van der Waals surface area contributed by atoms with Crippen LogP contribution in [0, 0.1) is 23.4 Å². The van der Waals surface area contributed by atoms with Crippen LogP contribution in [-0.4, -0.2) is 19.8 Å². The van der Waals surface area contributed by atoms with Crippen molar-refractivity contribution in [1.29, 1.82) is 0 Å². The molecule has 0 saturated heterocycles. The number of ether oxygens (including phenoxy) is 2. The van der Waals surface area contributed by atoms with Gasteiger partial charge in [-0.25, -0.2) is 13.2 Å². The van der Waals surface area contributed by atoms with E-state index in [0.717, 1.165) is 68.9 Å². The van der Waals surface area contributed by atoms with Gasteiger partial charge in [-0.1, -0.05) is 24.3 Å². The highest BCUT2D eigenvalue weighted by Crippen LogP contribution is 2.40. The highest BCUT2D eigenvalue weighted by Gasteiger charge is 2.27. The summed E-state index contributed by atoms with van der Waals surface area (Å²) in [5, 5.41) is 0. The van der Waals surface area contributed by atoms with Gasteiger partial charge in [0.2, 0.25) is 0 Å². The fourth-order valence-corrected chi connectivity index (χ4v) is 6.06. The fraction of sp³-hybridized carbons (Fsp3) is 0.600. The summed E-state index contributed by atoms with van der Waals surface area (Å²) in [5.74, 6) is -0.686. The normalized spacial score (nSPS) is 25.1. The van der Waals surface area contributed by atoms with Crippen LogP contribution in [0.1, 0.15) is 98.8 Å². The van der Waals surface area contributed by atoms with E-state index in [9.17, 15) is 13.2 Å². The predicted octanol–water partition coefficient (Wildman–Crippen LogP) is 8.22. The molecule has 0 N–H and O–H groups in total. The van der Waals surface area contributed by atoms with Crippen molar-refractivity contribution in [2.45, 2.75) is 95.7 Å². The topological polar surface area (TPSA) is 18.5 Å². The molecule has 5 heteroatoms. The van der Waals surface area contributed by atoms with Crippen LogP contribution in [-0.2, 0) is 22.5 Å². The Labute approximate surface area is 208 Å². The second-order valence-electron chi connectivity index (χ2n) is 10.4. The zero-order chi connectivity index (χ0) is 24.8. The largest absolute Gasteiger partial charge is 0.381 e. The minimum atomic E-state index is -0.667. The molecule has 0 unspecified atom stereocenters. The zero-order valence-electron chi connectivity index (χ0n) is 21.1. The Morgan fingerprint density at radius 1 is 0.800 bits per heavy atom. The number of halogens is 3. The Hall–Kier alpha value is -1.85. The minimum absolute atomic E-state index is 0.0776. The molecule has 2 nitrogen and oxygen atoms in total. The molecule has 192 valence electrons. The number of aryl methyl sites for hydroxylation is 1. The Balaban J connectivity index is 1.28. The Bertz CT molecular complexity index is 960. The first kappa shape index (κ1) is 26.2. The molecule has 0 aliphatic heterocycles. The van der Waals surface area contributed by atoms with Crippen LogP contribution in [0.5, 0.6) is 0 Å². The summed E-state index contributed by atoms with van der Waals surface area (Å²) < 4.78 is 55.3. The maximum Gasteiger partial charge on any atom is 0.162 e. The van der Waals surface area contributed by atoms with Crippen LogP contribution in [0.15, 0.2) is 30.3 Å². The molecule has 0 amide bonds. The lowest BCUT2D eigenvalue weighted by Gasteiger charge is -2.29. The summed E-state index contributed by atoms with van der Waals surface area (Å²) in [4.78, 5) is 0. The SMILES string of the molecule is CCOCc1ccc(C2CCC(CCc3ccc(C4CCC(OC)CC4)c(F)c3F)CC2)c(F)c1. The van der Waals surface area contributed by atoms with Gasteiger partial charge in [0.25, 0.3) is 0 Å². The number of rotatable bonds is 9. The summed E-state index contributed by atoms with van der Waals surface area (Å²) >= 11 is 0. The van der Waals surface area contributed by atoms with Gasteiger partial charge in [-0.2, -0.15) is 0 Å². The number of hydrogen-bond acceptors (Lipinski definition) is 2. The Morgan fingerprint density at radius 3 is 2.11 bits per heavy atom. The number of methoxy groups -OCH3 is 1. The molecular weight excluding hydrogens is 449 g/mol. The van der Waals surface area contributed by atoms with Crippen LogP contribution >= 0.6 is 0 Å². The molecule has 4 rings (SSSR count). The van der Waals surface area contributed by atoms with Crippen LogP contribution in [0.4, 0.5) is 13.2 Å². The molecule has 0 aromatic heterocycles. The molecule has 0 atom stereocenters. The van der Waals surface area contributed by atoms with Gasteiger partial charge in [-0.3, -0.25) is 0 Å². The van der Waals surface area contributed by atoms with E-state index in [0.29, 0.717) is 36.7 Å². The maximum atomic E-state index is 14.9. The lowest BCUT2D eigenvalue weighted by Crippen LogP contribution is -2.20. The van der Waals surface area contributed by atoms with Crippen molar-refractivity contribution in [3.8, 4) is 0 Å². The molecule has 0 bridgehead atoms. The predicted molar refractivity (Wildman–Crippen MR) is 133 cm³/mol. The lowest BCUT2D eigenvalue weighted by atomic mass is 9.76. The van der Waals surface area contributed by atoms with E-state index in [-0.39, 0.29) is 23.8 Å². The average molecular weight is 489 g/mol. The third-order valence-electron chi connectivity index (χ3n) is 8.29. The molecule has 2 aliphatic carbocycles. The van der Waals surface area contributed by atoms with E-state index in [4.69, 9.17) is 9.47 Å². The molecule has 0 spiro atoms. The number of hydrogen-bond donors (Lipinski definition) is 0. The van der Waals surface area contributed by atoms with Gasteiger partial charge in [0, 0.05) is 13.7 Å². The van der Waals surface area contributed by atoms with Crippen molar-refractivity contribution in [3.05, 3.63) is 70.0 Å². The van der Waals surface area contributed by atoms with E-state index in [1.54, 1.807) is 25.3 Å². The molecule has 2 aliphatic rings. The van der Waals surface area contributed by atoms with Gasteiger partial charge >= 0.3 is 0 Å². The molecular formula is C30H39F3O2. The third kappa shape index (κ3) is 6.48. The third-order valence-corrected chi connectivity index (χ3v) is 8.29. The van der Waals surface area contributed by atoms with E-state index in [1.807, 2.05) is 19.1 Å². The van der Waals surface area contributed by atoms with Crippen molar-refractivity contribution in [2.75, 3.05) is 13.7 Å². The molecule has 2 saturated carbocycles. The quantitative estimate of drug-likeness (QED) is 0.354. The van der Waals surface area contributed by atoms with E-state index in [2.05, 4.69) is 0 Å². The highest BCUT2D eigenvalue weighted by molar-refractivity contribution is 5.30. The Kier molecular flexibility index (Phi) is 9.29. The highest BCUT2D eigenvalue weighted by atomic mass is 19.2. The number of benzene rings is 2. The molecule has 0 radical (unpaired) electrons. The van der Waals surface area contributed by atoms with Gasteiger partial charge < -0.3 is 9.47 Å². The fourth-order valence-electron chi connectivity index (χ4n) is 6.06. The maximum absolute atomic E-state index is 14.9. The standard InChI is InChI=1S/C30H39F3O2/c1-3-35-19-21-7-16-26(28(31)18-21)22-8-4-20(5-9-22)6-10-24-13-17-27(30(33)29(24)32)23-11-14-25(34-2)15-12-23/h7,13,16-18,20,22-23,25H,3-6,8-12,14-15,19H2,1-2H3. The first-order chi connectivity index (χ1) is 17.0. The van der Waals surface area contributed by atoms with Crippen LogP contribution in [0.25, 0.3) is 0 Å². The van der Waals surface area contributed by atoms with E-state index >= 15 is 0 Å². The molecule has 2 aromatic rings. The monoisotopic (exact) mass is 488 g/mol. The first-order valence-electron chi connectivity index (χ1n) is 13.4. The second-order valence-corrected chi connectivity index (χ2v) is 10.4. The van der Waals surface area contributed by atoms with Crippen LogP contribution in [0.3, 0.4) is 0 Å². The molecule has 2 aromatic carbocycles. The van der Waals surface area contributed by atoms with Crippen molar-refractivity contribution in [1.82, 2.24) is 0 Å². The lowest BCUT2D eigenvalue weighted by molar-refractivity contribution is 0.0655. The van der Waals surface area contributed by atoms with Gasteiger partial charge in [-0.15, -0.1) is 0 Å². The Morgan fingerprint density at radius 2 is 1.46 bits per heavy atom. The van der Waals surface area contributed by atoms with Crippen molar-refractivity contribution in [3.63, 3.8) is 0 Å². The van der Waals surface area contributed by atoms with Crippen molar-refractivity contribution >= 4 is 0 Å². The molecule has 35 heavy (non-hydrogen) atoms. The summed E-state index contributed by atoms with van der Waals surface area (Å²) in [6.07, 6.45) is 8.98. The van der Waals surface area contributed by atoms with E-state index < -0.39 is 11.6 Å². The minimum Gasteiger partial charge on any atom is -0.381 e. The van der Waals surface area contributed by atoms with Crippen LogP contribution < -0.4 is 0 Å². The molecule has 0 heterocycles. The zero-order valence-corrected chi connectivity index (χ0v) is 21.1. The van der Waals surface area contributed by atoms with Gasteiger partial charge in [0.15, 0.2) is 11.6 Å².